The number of rotatable bonds is 10. The molecule has 0 unspecified atom stereocenters. The van der Waals surface area contributed by atoms with Gasteiger partial charge in [-0.1, -0.05) is 50.2 Å². The zero-order valence-corrected chi connectivity index (χ0v) is 26.0. The molecular weight excluding hydrogens is 596 g/mol. The van der Waals surface area contributed by atoms with E-state index in [-0.39, 0.29) is 11.1 Å². The fraction of sp³-hybridized carbons (Fsp3) is 0.273. The van der Waals surface area contributed by atoms with E-state index < -0.39 is 5.92 Å². The summed E-state index contributed by atoms with van der Waals surface area (Å²) in [5.74, 6) is 0.743. The van der Waals surface area contributed by atoms with Crippen molar-refractivity contribution >= 4 is 15.9 Å². The summed E-state index contributed by atoms with van der Waals surface area (Å²) < 4.78 is 15.9. The highest BCUT2D eigenvalue weighted by Crippen LogP contribution is 2.42. The van der Waals surface area contributed by atoms with Crippen LogP contribution < -0.4 is 20.6 Å². The van der Waals surface area contributed by atoms with Crippen LogP contribution in [0.5, 0.6) is 11.5 Å². The van der Waals surface area contributed by atoms with Crippen molar-refractivity contribution in [2.45, 2.75) is 40.5 Å². The first-order valence-electron chi connectivity index (χ1n) is 14.0. The second-order valence-corrected chi connectivity index (χ2v) is 11.5. The average Bonchev–Trinajstić information content (AvgIpc) is 3.44. The summed E-state index contributed by atoms with van der Waals surface area (Å²) >= 11 is 3.70. The molecule has 0 bridgehead atoms. The summed E-state index contributed by atoms with van der Waals surface area (Å²) in [4.78, 5) is 28.3. The van der Waals surface area contributed by atoms with Crippen LogP contribution in [0.25, 0.3) is 11.4 Å². The van der Waals surface area contributed by atoms with Crippen LogP contribution in [-0.2, 0) is 0 Å². The molecule has 2 N–H and O–H groups in total. The zero-order valence-electron chi connectivity index (χ0n) is 24.4. The Morgan fingerprint density at radius 3 is 1.74 bits per heavy atom. The Bertz CT molecular complexity index is 1700. The van der Waals surface area contributed by atoms with Crippen LogP contribution in [0, 0.1) is 19.8 Å². The van der Waals surface area contributed by atoms with Crippen molar-refractivity contribution in [3.63, 3.8) is 0 Å². The SMILES string of the molecule is CCOc1cc(C(c2c(C)[nH]n(-c3ccccc3)c2=O)c2c(C)[nH]n(-c3ccccc3)c2=O)cc(Br)c1OCC(C)C. The van der Waals surface area contributed by atoms with Crippen molar-refractivity contribution in [2.24, 2.45) is 5.92 Å². The van der Waals surface area contributed by atoms with Gasteiger partial charge in [0.05, 0.1) is 40.2 Å². The second kappa shape index (κ2) is 12.3. The Kier molecular flexibility index (Phi) is 8.59. The normalized spacial score (nSPS) is 11.4. The minimum Gasteiger partial charge on any atom is -0.490 e. The van der Waals surface area contributed by atoms with E-state index in [2.05, 4.69) is 40.0 Å². The average molecular weight is 632 g/mol. The minimum absolute atomic E-state index is 0.232. The number of nitrogens with zero attached hydrogens (tertiary/aromatic N) is 2. The molecule has 2 aromatic heterocycles. The van der Waals surface area contributed by atoms with Crippen molar-refractivity contribution in [1.29, 1.82) is 0 Å². The highest BCUT2D eigenvalue weighted by molar-refractivity contribution is 9.10. The van der Waals surface area contributed by atoms with E-state index in [4.69, 9.17) is 9.47 Å². The Labute approximate surface area is 253 Å². The number of aromatic nitrogens is 4. The topological polar surface area (TPSA) is 94.0 Å². The molecule has 0 aliphatic carbocycles. The van der Waals surface area contributed by atoms with Gasteiger partial charge in [0.25, 0.3) is 11.1 Å². The summed E-state index contributed by atoms with van der Waals surface area (Å²) in [6.45, 7) is 10.7. The Morgan fingerprint density at radius 2 is 1.29 bits per heavy atom. The van der Waals surface area contributed by atoms with Gasteiger partial charge >= 0.3 is 0 Å². The number of halogens is 1. The molecule has 0 saturated carbocycles. The Hall–Kier alpha value is -4.24. The maximum Gasteiger partial charge on any atom is 0.275 e. The lowest BCUT2D eigenvalue weighted by Crippen LogP contribution is -2.25. The summed E-state index contributed by atoms with van der Waals surface area (Å²) in [6, 6.07) is 22.6. The third kappa shape index (κ3) is 5.61. The fourth-order valence-electron chi connectivity index (χ4n) is 5.20. The molecule has 3 aromatic carbocycles. The minimum atomic E-state index is -0.706. The number of nitrogens with one attached hydrogen (secondary N) is 2. The first kappa shape index (κ1) is 29.3. The van der Waals surface area contributed by atoms with Gasteiger partial charge in [-0.05, 0) is 84.6 Å². The number of H-pyrrole nitrogens is 2. The standard InChI is InChI=1S/C33H35BrN4O4/c1-6-41-27-18-23(17-26(34)31(27)42-19-20(2)3)30(28-21(4)35-37(32(28)39)24-13-9-7-10-14-24)29-22(5)36-38(33(29)40)25-15-11-8-12-16-25/h7-18,20,30,35-36H,6,19H2,1-5H3. The first-order valence-corrected chi connectivity index (χ1v) is 14.8. The molecule has 0 fully saturated rings. The van der Waals surface area contributed by atoms with Gasteiger partial charge in [-0.2, -0.15) is 0 Å². The van der Waals surface area contributed by atoms with E-state index in [0.717, 1.165) is 5.56 Å². The molecule has 9 heteroatoms. The number of aryl methyl sites for hydroxylation is 2. The molecule has 0 radical (unpaired) electrons. The van der Waals surface area contributed by atoms with E-state index in [0.29, 0.717) is 69.0 Å². The van der Waals surface area contributed by atoms with Crippen molar-refractivity contribution in [2.75, 3.05) is 13.2 Å². The van der Waals surface area contributed by atoms with Gasteiger partial charge in [-0.25, -0.2) is 9.36 Å². The monoisotopic (exact) mass is 630 g/mol. The Balaban J connectivity index is 1.78. The maximum atomic E-state index is 14.2. The molecule has 0 aliphatic rings. The van der Waals surface area contributed by atoms with Gasteiger partial charge < -0.3 is 9.47 Å². The van der Waals surface area contributed by atoms with E-state index in [1.54, 1.807) is 0 Å². The van der Waals surface area contributed by atoms with Crippen molar-refractivity contribution in [3.05, 3.63) is 126 Å². The molecular formula is C33H35BrN4O4. The molecule has 0 atom stereocenters. The van der Waals surface area contributed by atoms with Gasteiger partial charge in [0, 0.05) is 17.3 Å². The van der Waals surface area contributed by atoms with E-state index >= 15 is 0 Å². The lowest BCUT2D eigenvalue weighted by Gasteiger charge is -2.21. The number of benzene rings is 3. The maximum absolute atomic E-state index is 14.2. The third-order valence-corrected chi connectivity index (χ3v) is 7.66. The largest absolute Gasteiger partial charge is 0.490 e. The predicted octanol–water partition coefficient (Wildman–Crippen LogP) is 6.64. The number of hydrogen-bond donors (Lipinski definition) is 2. The summed E-state index contributed by atoms with van der Waals surface area (Å²) in [5.41, 5.74) is 3.94. The van der Waals surface area contributed by atoms with Gasteiger partial charge in [0.1, 0.15) is 0 Å². The molecule has 0 amide bonds. The lowest BCUT2D eigenvalue weighted by atomic mass is 9.85. The van der Waals surface area contributed by atoms with Crippen molar-refractivity contribution in [1.82, 2.24) is 19.6 Å². The van der Waals surface area contributed by atoms with E-state index in [9.17, 15) is 9.59 Å². The van der Waals surface area contributed by atoms with Crippen LogP contribution in [-0.4, -0.2) is 32.8 Å². The fourth-order valence-corrected chi connectivity index (χ4v) is 5.78. The van der Waals surface area contributed by atoms with E-state index in [1.807, 2.05) is 93.6 Å². The molecule has 218 valence electrons. The highest BCUT2D eigenvalue weighted by atomic mass is 79.9. The predicted molar refractivity (Wildman–Crippen MR) is 169 cm³/mol. The summed E-state index contributed by atoms with van der Waals surface area (Å²) in [6.07, 6.45) is 0. The number of hydrogen-bond acceptors (Lipinski definition) is 4. The van der Waals surface area contributed by atoms with Gasteiger partial charge in [0.2, 0.25) is 0 Å². The Morgan fingerprint density at radius 1 is 0.786 bits per heavy atom. The van der Waals surface area contributed by atoms with Crippen LogP contribution >= 0.6 is 15.9 Å². The molecule has 0 spiro atoms. The number of ether oxygens (including phenoxy) is 2. The molecule has 42 heavy (non-hydrogen) atoms. The molecule has 8 nitrogen and oxygen atoms in total. The molecule has 5 aromatic rings. The molecule has 2 heterocycles. The number of para-hydroxylation sites is 2. The number of aromatic amines is 2. The van der Waals surface area contributed by atoms with Gasteiger partial charge in [-0.3, -0.25) is 19.8 Å². The first-order chi connectivity index (χ1) is 20.2. The van der Waals surface area contributed by atoms with E-state index in [1.165, 1.54) is 9.36 Å². The van der Waals surface area contributed by atoms with Crippen LogP contribution in [0.2, 0.25) is 0 Å². The van der Waals surface area contributed by atoms with Crippen LogP contribution in [0.15, 0.2) is 86.9 Å². The molecule has 5 rings (SSSR count). The van der Waals surface area contributed by atoms with Crippen molar-refractivity contribution < 1.29 is 9.47 Å². The summed E-state index contributed by atoms with van der Waals surface area (Å²) in [5, 5.41) is 6.49. The molecule has 0 saturated heterocycles. The zero-order chi connectivity index (χ0) is 30.0. The van der Waals surface area contributed by atoms with Crippen molar-refractivity contribution in [3.8, 4) is 22.9 Å². The van der Waals surface area contributed by atoms with Gasteiger partial charge in [-0.15, -0.1) is 0 Å². The molecule has 0 aliphatic heterocycles. The summed E-state index contributed by atoms with van der Waals surface area (Å²) in [7, 11) is 0. The smallest absolute Gasteiger partial charge is 0.275 e. The second-order valence-electron chi connectivity index (χ2n) is 10.7. The third-order valence-electron chi connectivity index (χ3n) is 7.07. The van der Waals surface area contributed by atoms with Gasteiger partial charge in [0.15, 0.2) is 11.5 Å². The van der Waals surface area contributed by atoms with Crippen LogP contribution in [0.3, 0.4) is 0 Å². The quantitative estimate of drug-likeness (QED) is 0.181. The lowest BCUT2D eigenvalue weighted by molar-refractivity contribution is 0.246. The highest BCUT2D eigenvalue weighted by Gasteiger charge is 2.32. The van der Waals surface area contributed by atoms with Crippen LogP contribution in [0.4, 0.5) is 0 Å². The van der Waals surface area contributed by atoms with Crippen LogP contribution in [0.1, 0.15) is 54.8 Å².